The number of nitrogen functional groups attached to an aromatic ring is 1. The van der Waals surface area contributed by atoms with Crippen LogP contribution >= 0.6 is 0 Å². The zero-order valence-corrected chi connectivity index (χ0v) is 10.6. The summed E-state index contributed by atoms with van der Waals surface area (Å²) in [6.45, 7) is 1.50. The van der Waals surface area contributed by atoms with Crippen LogP contribution in [0.15, 0.2) is 34.9 Å². The van der Waals surface area contributed by atoms with E-state index in [4.69, 9.17) is 15.0 Å². The van der Waals surface area contributed by atoms with E-state index in [2.05, 4.69) is 10.1 Å². The summed E-state index contributed by atoms with van der Waals surface area (Å²) < 4.78 is 10.2. The number of rotatable bonds is 5. The molecule has 0 saturated heterocycles. The molecule has 1 aromatic heterocycles. The average Bonchev–Trinajstić information content (AvgIpc) is 2.75. The van der Waals surface area contributed by atoms with Crippen LogP contribution in [0.2, 0.25) is 0 Å². The van der Waals surface area contributed by atoms with Gasteiger partial charge < -0.3 is 15.0 Å². The van der Waals surface area contributed by atoms with Gasteiger partial charge in [-0.25, -0.2) is 0 Å². The average molecular weight is 247 g/mol. The van der Waals surface area contributed by atoms with Crippen molar-refractivity contribution < 1.29 is 9.26 Å². The van der Waals surface area contributed by atoms with Crippen molar-refractivity contribution in [3.8, 4) is 5.75 Å². The molecule has 0 aliphatic carbocycles. The highest BCUT2D eigenvalue weighted by Crippen LogP contribution is 2.14. The Balaban J connectivity index is 1.91. The second-order valence-corrected chi connectivity index (χ2v) is 4.24. The van der Waals surface area contributed by atoms with Crippen molar-refractivity contribution in [3.05, 3.63) is 41.7 Å². The molecule has 0 unspecified atom stereocenters. The number of anilines is 1. The van der Waals surface area contributed by atoms with E-state index < -0.39 is 0 Å². The van der Waals surface area contributed by atoms with Crippen LogP contribution in [-0.2, 0) is 13.1 Å². The molecule has 0 amide bonds. The first kappa shape index (κ1) is 12.4. The Labute approximate surface area is 106 Å². The topological polar surface area (TPSA) is 64.5 Å². The van der Waals surface area contributed by atoms with Gasteiger partial charge in [-0.1, -0.05) is 17.3 Å². The van der Waals surface area contributed by atoms with Crippen molar-refractivity contribution in [1.29, 1.82) is 0 Å². The van der Waals surface area contributed by atoms with Gasteiger partial charge in [0.05, 0.1) is 13.7 Å². The molecule has 5 nitrogen and oxygen atoms in total. The van der Waals surface area contributed by atoms with Crippen molar-refractivity contribution in [1.82, 2.24) is 10.1 Å². The van der Waals surface area contributed by atoms with Gasteiger partial charge in [0.2, 0.25) is 0 Å². The lowest BCUT2D eigenvalue weighted by atomic mass is 10.2. The number of aromatic nitrogens is 1. The summed E-state index contributed by atoms with van der Waals surface area (Å²) in [5.41, 5.74) is 6.72. The van der Waals surface area contributed by atoms with Crippen LogP contribution < -0.4 is 10.5 Å². The van der Waals surface area contributed by atoms with Gasteiger partial charge in [0, 0.05) is 12.6 Å². The number of hydrogen-bond donors (Lipinski definition) is 1. The SMILES string of the molecule is COc1ccc(CN(C)Cc2cc(N)no2)cc1. The van der Waals surface area contributed by atoms with Gasteiger partial charge >= 0.3 is 0 Å². The van der Waals surface area contributed by atoms with E-state index in [1.165, 1.54) is 5.56 Å². The van der Waals surface area contributed by atoms with Gasteiger partial charge in [0.1, 0.15) is 5.75 Å². The molecule has 2 aromatic rings. The minimum absolute atomic E-state index is 0.419. The van der Waals surface area contributed by atoms with Crippen molar-refractivity contribution in [2.24, 2.45) is 0 Å². The van der Waals surface area contributed by atoms with Crippen LogP contribution in [0.4, 0.5) is 5.82 Å². The summed E-state index contributed by atoms with van der Waals surface area (Å²) >= 11 is 0. The monoisotopic (exact) mass is 247 g/mol. The van der Waals surface area contributed by atoms with Gasteiger partial charge in [0.15, 0.2) is 11.6 Å². The lowest BCUT2D eigenvalue weighted by Crippen LogP contribution is -2.16. The first-order chi connectivity index (χ1) is 8.67. The molecule has 0 radical (unpaired) electrons. The number of hydrogen-bond acceptors (Lipinski definition) is 5. The molecule has 2 N–H and O–H groups in total. The fraction of sp³-hybridized carbons (Fsp3) is 0.308. The molecular weight excluding hydrogens is 230 g/mol. The molecule has 0 bridgehead atoms. The molecule has 18 heavy (non-hydrogen) atoms. The zero-order valence-electron chi connectivity index (χ0n) is 10.6. The van der Waals surface area contributed by atoms with E-state index in [1.807, 2.05) is 31.3 Å². The van der Waals surface area contributed by atoms with Gasteiger partial charge in [-0.2, -0.15) is 0 Å². The number of methoxy groups -OCH3 is 1. The normalized spacial score (nSPS) is 10.8. The molecular formula is C13H17N3O2. The lowest BCUT2D eigenvalue weighted by Gasteiger charge is -2.14. The maximum Gasteiger partial charge on any atom is 0.167 e. The quantitative estimate of drug-likeness (QED) is 0.874. The van der Waals surface area contributed by atoms with E-state index in [-0.39, 0.29) is 0 Å². The number of ether oxygens (including phenoxy) is 1. The minimum atomic E-state index is 0.419. The first-order valence-corrected chi connectivity index (χ1v) is 5.70. The van der Waals surface area contributed by atoms with Gasteiger partial charge in [0.25, 0.3) is 0 Å². The van der Waals surface area contributed by atoms with E-state index in [0.29, 0.717) is 12.4 Å². The molecule has 0 fully saturated rings. The third-order valence-corrected chi connectivity index (χ3v) is 2.61. The Morgan fingerprint density at radius 3 is 2.56 bits per heavy atom. The summed E-state index contributed by atoms with van der Waals surface area (Å²) in [7, 11) is 3.68. The summed E-state index contributed by atoms with van der Waals surface area (Å²) in [5.74, 6) is 2.05. The van der Waals surface area contributed by atoms with Crippen LogP contribution in [0, 0.1) is 0 Å². The zero-order chi connectivity index (χ0) is 13.0. The Morgan fingerprint density at radius 1 is 1.28 bits per heavy atom. The Morgan fingerprint density at radius 2 is 2.00 bits per heavy atom. The molecule has 0 aliphatic heterocycles. The second-order valence-electron chi connectivity index (χ2n) is 4.24. The third kappa shape index (κ3) is 3.24. The van der Waals surface area contributed by atoms with Crippen molar-refractivity contribution in [3.63, 3.8) is 0 Å². The number of benzene rings is 1. The van der Waals surface area contributed by atoms with Crippen LogP contribution in [0.1, 0.15) is 11.3 Å². The van der Waals surface area contributed by atoms with E-state index in [9.17, 15) is 0 Å². The van der Waals surface area contributed by atoms with Gasteiger partial charge in [-0.15, -0.1) is 0 Å². The number of nitrogens with two attached hydrogens (primary N) is 1. The molecule has 0 saturated carbocycles. The summed E-state index contributed by atoms with van der Waals surface area (Å²) in [6, 6.07) is 9.74. The molecule has 1 heterocycles. The summed E-state index contributed by atoms with van der Waals surface area (Å²) in [5, 5.41) is 3.66. The van der Waals surface area contributed by atoms with Gasteiger partial charge in [-0.3, -0.25) is 4.90 Å². The number of nitrogens with zero attached hydrogens (tertiary/aromatic N) is 2. The first-order valence-electron chi connectivity index (χ1n) is 5.70. The maximum atomic E-state index is 5.50. The largest absolute Gasteiger partial charge is 0.497 e. The third-order valence-electron chi connectivity index (χ3n) is 2.61. The Hall–Kier alpha value is -2.01. The maximum absolute atomic E-state index is 5.50. The van der Waals surface area contributed by atoms with E-state index >= 15 is 0 Å². The molecule has 1 aromatic carbocycles. The highest BCUT2D eigenvalue weighted by Gasteiger charge is 2.06. The molecule has 0 atom stereocenters. The fourth-order valence-electron chi connectivity index (χ4n) is 1.77. The minimum Gasteiger partial charge on any atom is -0.497 e. The summed E-state index contributed by atoms with van der Waals surface area (Å²) in [4.78, 5) is 2.13. The highest BCUT2D eigenvalue weighted by atomic mass is 16.5. The predicted molar refractivity (Wildman–Crippen MR) is 69.1 cm³/mol. The van der Waals surface area contributed by atoms with Crippen molar-refractivity contribution in [2.75, 3.05) is 19.9 Å². The molecule has 2 rings (SSSR count). The summed E-state index contributed by atoms with van der Waals surface area (Å²) in [6.07, 6.45) is 0. The lowest BCUT2D eigenvalue weighted by molar-refractivity contribution is 0.267. The molecule has 96 valence electrons. The Bertz CT molecular complexity index is 493. The fourth-order valence-corrected chi connectivity index (χ4v) is 1.77. The van der Waals surface area contributed by atoms with Crippen LogP contribution in [0.25, 0.3) is 0 Å². The standard InChI is InChI=1S/C13H17N3O2/c1-16(9-12-7-13(14)15-18-12)8-10-3-5-11(17-2)6-4-10/h3-7H,8-9H2,1-2H3,(H2,14,15). The van der Waals surface area contributed by atoms with E-state index in [1.54, 1.807) is 13.2 Å². The molecule has 5 heteroatoms. The van der Waals surface area contributed by atoms with Crippen LogP contribution in [-0.4, -0.2) is 24.2 Å². The Kier molecular flexibility index (Phi) is 3.84. The highest BCUT2D eigenvalue weighted by molar-refractivity contribution is 5.28. The predicted octanol–water partition coefficient (Wildman–Crippen LogP) is 1.90. The van der Waals surface area contributed by atoms with E-state index in [0.717, 1.165) is 18.1 Å². The second kappa shape index (κ2) is 5.55. The van der Waals surface area contributed by atoms with Gasteiger partial charge in [-0.05, 0) is 24.7 Å². The molecule has 0 spiro atoms. The van der Waals surface area contributed by atoms with Crippen LogP contribution in [0.3, 0.4) is 0 Å². The molecule has 0 aliphatic rings. The van der Waals surface area contributed by atoms with Crippen LogP contribution in [0.5, 0.6) is 5.75 Å². The van der Waals surface area contributed by atoms with Crippen molar-refractivity contribution in [2.45, 2.75) is 13.1 Å². The van der Waals surface area contributed by atoms with Crippen molar-refractivity contribution >= 4 is 5.82 Å². The smallest absolute Gasteiger partial charge is 0.167 e.